The summed E-state index contributed by atoms with van der Waals surface area (Å²) in [4.78, 5) is 14.3. The standard InChI is InChI=1S/C23H36N2O/c1-17(16-22(3,4)5)25-14-12-23(13-15-25)11-10-21(24-18(2)26)19-8-6-7-9-20(19)23/h6-9,17,21H,10-16H2,1-5H3,(H,24,26)/t17?,21-/m0/s1. The smallest absolute Gasteiger partial charge is 0.217 e. The van der Waals surface area contributed by atoms with Crippen molar-refractivity contribution in [3.8, 4) is 0 Å². The van der Waals surface area contributed by atoms with E-state index in [9.17, 15) is 4.79 Å². The first-order chi connectivity index (χ1) is 12.2. The number of rotatable bonds is 3. The Hall–Kier alpha value is -1.35. The Morgan fingerprint density at radius 2 is 1.88 bits per heavy atom. The first-order valence-corrected chi connectivity index (χ1v) is 10.3. The van der Waals surface area contributed by atoms with E-state index in [2.05, 4.69) is 62.2 Å². The Morgan fingerprint density at radius 3 is 2.50 bits per heavy atom. The third kappa shape index (κ3) is 4.14. The van der Waals surface area contributed by atoms with Gasteiger partial charge in [-0.1, -0.05) is 45.0 Å². The van der Waals surface area contributed by atoms with Crippen LogP contribution in [0.5, 0.6) is 0 Å². The van der Waals surface area contributed by atoms with Crippen LogP contribution in [0.25, 0.3) is 0 Å². The number of likely N-dealkylation sites (tertiary alicyclic amines) is 1. The van der Waals surface area contributed by atoms with Crippen LogP contribution in [0.2, 0.25) is 0 Å². The van der Waals surface area contributed by atoms with Crippen molar-refractivity contribution < 1.29 is 4.79 Å². The van der Waals surface area contributed by atoms with Crippen molar-refractivity contribution in [2.24, 2.45) is 5.41 Å². The van der Waals surface area contributed by atoms with Crippen molar-refractivity contribution in [3.05, 3.63) is 35.4 Å². The zero-order chi connectivity index (χ0) is 18.9. The van der Waals surface area contributed by atoms with E-state index in [1.54, 1.807) is 6.92 Å². The minimum absolute atomic E-state index is 0.0755. The van der Waals surface area contributed by atoms with Gasteiger partial charge in [0.1, 0.15) is 0 Å². The minimum Gasteiger partial charge on any atom is -0.350 e. The van der Waals surface area contributed by atoms with Gasteiger partial charge in [-0.25, -0.2) is 0 Å². The molecule has 1 heterocycles. The fourth-order valence-corrected chi connectivity index (χ4v) is 5.32. The van der Waals surface area contributed by atoms with Crippen LogP contribution < -0.4 is 5.32 Å². The van der Waals surface area contributed by atoms with E-state index in [0.29, 0.717) is 16.9 Å². The fraction of sp³-hybridized carbons (Fsp3) is 0.696. The summed E-state index contributed by atoms with van der Waals surface area (Å²) in [6, 6.07) is 9.67. The molecular weight excluding hydrogens is 320 g/mol. The second-order valence-corrected chi connectivity index (χ2v) is 9.81. The number of hydrogen-bond donors (Lipinski definition) is 1. The SMILES string of the molecule is CC(=O)N[C@H]1CCC2(CCN(C(C)CC(C)(C)C)CC2)c2ccccc21. The Kier molecular flexibility index (Phi) is 5.48. The van der Waals surface area contributed by atoms with E-state index in [-0.39, 0.29) is 11.9 Å². The summed E-state index contributed by atoms with van der Waals surface area (Å²) < 4.78 is 0. The number of nitrogens with one attached hydrogen (secondary N) is 1. The van der Waals surface area contributed by atoms with Crippen LogP contribution in [-0.2, 0) is 10.2 Å². The first kappa shape index (κ1) is 19.4. The van der Waals surface area contributed by atoms with Crippen LogP contribution in [0.4, 0.5) is 0 Å². The van der Waals surface area contributed by atoms with Crippen molar-refractivity contribution in [1.82, 2.24) is 10.2 Å². The monoisotopic (exact) mass is 356 g/mol. The molecule has 0 aromatic heterocycles. The van der Waals surface area contributed by atoms with Crippen molar-refractivity contribution in [3.63, 3.8) is 0 Å². The van der Waals surface area contributed by atoms with Crippen molar-refractivity contribution in [2.75, 3.05) is 13.1 Å². The molecule has 1 aliphatic carbocycles. The third-order valence-corrected chi connectivity index (χ3v) is 6.48. The van der Waals surface area contributed by atoms with Crippen LogP contribution in [0.1, 0.15) is 83.9 Å². The first-order valence-electron chi connectivity index (χ1n) is 10.3. The number of benzene rings is 1. The van der Waals surface area contributed by atoms with E-state index < -0.39 is 0 Å². The van der Waals surface area contributed by atoms with Gasteiger partial charge in [-0.15, -0.1) is 0 Å². The Morgan fingerprint density at radius 1 is 1.23 bits per heavy atom. The van der Waals surface area contributed by atoms with Gasteiger partial charge in [0.15, 0.2) is 0 Å². The number of piperidine rings is 1. The molecule has 1 N–H and O–H groups in total. The molecule has 2 aliphatic rings. The molecular formula is C23H36N2O. The fourth-order valence-electron chi connectivity index (χ4n) is 5.32. The van der Waals surface area contributed by atoms with Gasteiger partial charge in [0.05, 0.1) is 6.04 Å². The van der Waals surface area contributed by atoms with Gasteiger partial charge in [-0.3, -0.25) is 4.79 Å². The second-order valence-electron chi connectivity index (χ2n) is 9.81. The lowest BCUT2D eigenvalue weighted by Gasteiger charge is -2.49. The van der Waals surface area contributed by atoms with Crippen LogP contribution >= 0.6 is 0 Å². The molecule has 2 atom stereocenters. The molecule has 3 nitrogen and oxygen atoms in total. The van der Waals surface area contributed by atoms with Crippen LogP contribution in [-0.4, -0.2) is 29.9 Å². The predicted octanol–water partition coefficient (Wildman–Crippen LogP) is 4.82. The summed E-state index contributed by atoms with van der Waals surface area (Å²) in [6.45, 7) is 13.4. The minimum atomic E-state index is 0.0755. The third-order valence-electron chi connectivity index (χ3n) is 6.48. The average Bonchev–Trinajstić information content (AvgIpc) is 2.57. The van der Waals surface area contributed by atoms with Gasteiger partial charge in [0, 0.05) is 13.0 Å². The van der Waals surface area contributed by atoms with E-state index in [0.717, 1.165) is 6.42 Å². The summed E-state index contributed by atoms with van der Waals surface area (Å²) >= 11 is 0. The lowest BCUT2D eigenvalue weighted by atomic mass is 9.63. The normalized spacial score (nSPS) is 24.1. The van der Waals surface area contributed by atoms with Gasteiger partial charge in [-0.05, 0) is 74.1 Å². The molecule has 3 heteroatoms. The Balaban J connectivity index is 1.75. The highest BCUT2D eigenvalue weighted by Gasteiger charge is 2.42. The maximum absolute atomic E-state index is 11.6. The van der Waals surface area contributed by atoms with Crippen molar-refractivity contribution in [2.45, 2.75) is 84.2 Å². The molecule has 1 aliphatic heterocycles. The lowest BCUT2D eigenvalue weighted by molar-refractivity contribution is -0.119. The number of nitrogens with zero attached hydrogens (tertiary/aromatic N) is 1. The van der Waals surface area contributed by atoms with Crippen LogP contribution in [0, 0.1) is 5.41 Å². The van der Waals surface area contributed by atoms with Crippen LogP contribution in [0.15, 0.2) is 24.3 Å². The molecule has 3 rings (SSSR count). The summed E-state index contributed by atoms with van der Waals surface area (Å²) in [6.07, 6.45) is 5.99. The van der Waals surface area contributed by atoms with E-state index in [1.165, 1.54) is 49.9 Å². The van der Waals surface area contributed by atoms with Gasteiger partial charge in [0.25, 0.3) is 0 Å². The average molecular weight is 357 g/mol. The molecule has 0 bridgehead atoms. The van der Waals surface area contributed by atoms with Crippen molar-refractivity contribution >= 4 is 5.91 Å². The summed E-state index contributed by atoms with van der Waals surface area (Å²) in [5.74, 6) is 0.0755. The zero-order valence-electron chi connectivity index (χ0n) is 17.3. The molecule has 0 saturated carbocycles. The number of fused-ring (bicyclic) bond motifs is 2. The highest BCUT2D eigenvalue weighted by atomic mass is 16.1. The number of carbonyl (C=O) groups is 1. The molecule has 1 unspecified atom stereocenters. The Bertz CT molecular complexity index is 638. The topological polar surface area (TPSA) is 32.3 Å². The molecule has 0 radical (unpaired) electrons. The van der Waals surface area contributed by atoms with E-state index in [4.69, 9.17) is 0 Å². The molecule has 26 heavy (non-hydrogen) atoms. The second kappa shape index (κ2) is 7.34. The molecule has 1 fully saturated rings. The largest absolute Gasteiger partial charge is 0.350 e. The highest BCUT2D eigenvalue weighted by molar-refractivity contribution is 5.73. The zero-order valence-corrected chi connectivity index (χ0v) is 17.3. The summed E-state index contributed by atoms with van der Waals surface area (Å²) in [7, 11) is 0. The van der Waals surface area contributed by atoms with Crippen molar-refractivity contribution in [1.29, 1.82) is 0 Å². The number of amides is 1. The van der Waals surface area contributed by atoms with Gasteiger partial charge in [0.2, 0.25) is 5.91 Å². The molecule has 144 valence electrons. The number of carbonyl (C=O) groups excluding carboxylic acids is 1. The maximum atomic E-state index is 11.6. The Labute approximate surface area is 159 Å². The molecule has 1 saturated heterocycles. The van der Waals surface area contributed by atoms with E-state index in [1.807, 2.05) is 0 Å². The molecule has 1 aromatic carbocycles. The summed E-state index contributed by atoms with van der Waals surface area (Å²) in [5, 5.41) is 3.16. The van der Waals surface area contributed by atoms with Crippen LogP contribution in [0.3, 0.4) is 0 Å². The molecule has 1 spiro atoms. The van der Waals surface area contributed by atoms with Gasteiger partial charge in [-0.2, -0.15) is 0 Å². The number of hydrogen-bond acceptors (Lipinski definition) is 2. The summed E-state index contributed by atoms with van der Waals surface area (Å²) in [5.41, 5.74) is 3.54. The van der Waals surface area contributed by atoms with Gasteiger partial charge >= 0.3 is 0 Å². The predicted molar refractivity (Wildman–Crippen MR) is 108 cm³/mol. The lowest BCUT2D eigenvalue weighted by Crippen LogP contribution is -2.49. The maximum Gasteiger partial charge on any atom is 0.217 e. The quantitative estimate of drug-likeness (QED) is 0.842. The van der Waals surface area contributed by atoms with E-state index >= 15 is 0 Å². The molecule has 1 amide bonds. The molecule has 1 aromatic rings. The van der Waals surface area contributed by atoms with Gasteiger partial charge < -0.3 is 10.2 Å². The highest BCUT2D eigenvalue weighted by Crippen LogP contribution is 2.48.